The van der Waals surface area contributed by atoms with Crippen molar-refractivity contribution in [1.29, 1.82) is 0 Å². The molecule has 144 valence electrons. The molecule has 3 rings (SSSR count). The lowest BCUT2D eigenvalue weighted by molar-refractivity contribution is 0.0690. The van der Waals surface area contributed by atoms with Crippen LogP contribution in [0, 0.1) is 6.92 Å². The topological polar surface area (TPSA) is 45.2 Å². The van der Waals surface area contributed by atoms with Crippen LogP contribution in [0.2, 0.25) is 0 Å². The molecule has 4 nitrogen and oxygen atoms in total. The molecule has 0 radical (unpaired) electrons. The molecule has 0 aliphatic heterocycles. The van der Waals surface area contributed by atoms with E-state index in [0.29, 0.717) is 24.5 Å². The molecule has 1 amide bonds. The SMILES string of the molecule is Cc1cccc(CNc2cc(C(=O)N(Cc3ccccc3)C(C)C)ccn2)c1. The van der Waals surface area contributed by atoms with Crippen molar-refractivity contribution in [2.24, 2.45) is 0 Å². The van der Waals surface area contributed by atoms with E-state index in [0.717, 1.165) is 5.56 Å². The molecule has 0 fully saturated rings. The normalized spacial score (nSPS) is 10.7. The highest BCUT2D eigenvalue weighted by Crippen LogP contribution is 2.16. The molecule has 0 bridgehead atoms. The second-order valence-corrected chi connectivity index (χ2v) is 7.28. The molecular formula is C24H27N3O. The van der Waals surface area contributed by atoms with Crippen molar-refractivity contribution in [1.82, 2.24) is 9.88 Å². The number of hydrogen-bond acceptors (Lipinski definition) is 3. The first-order valence-electron chi connectivity index (χ1n) is 9.63. The van der Waals surface area contributed by atoms with Crippen LogP contribution in [0.4, 0.5) is 5.82 Å². The maximum absolute atomic E-state index is 13.1. The number of rotatable bonds is 7. The first-order chi connectivity index (χ1) is 13.5. The van der Waals surface area contributed by atoms with Gasteiger partial charge in [-0.2, -0.15) is 0 Å². The zero-order valence-corrected chi connectivity index (χ0v) is 16.7. The van der Waals surface area contributed by atoms with E-state index in [1.54, 1.807) is 12.3 Å². The van der Waals surface area contributed by atoms with Gasteiger partial charge in [-0.1, -0.05) is 60.2 Å². The van der Waals surface area contributed by atoms with E-state index in [4.69, 9.17) is 0 Å². The van der Waals surface area contributed by atoms with E-state index in [1.807, 2.05) is 61.2 Å². The molecule has 0 aliphatic carbocycles. The minimum Gasteiger partial charge on any atom is -0.366 e. The number of hydrogen-bond donors (Lipinski definition) is 1. The minimum absolute atomic E-state index is 0.0138. The van der Waals surface area contributed by atoms with Crippen LogP contribution in [0.25, 0.3) is 0 Å². The highest BCUT2D eigenvalue weighted by Gasteiger charge is 2.19. The van der Waals surface area contributed by atoms with Gasteiger partial charge in [-0.05, 0) is 44.0 Å². The van der Waals surface area contributed by atoms with Crippen molar-refractivity contribution >= 4 is 11.7 Å². The van der Waals surface area contributed by atoms with Gasteiger partial charge in [0, 0.05) is 30.9 Å². The first kappa shape index (κ1) is 19.6. The van der Waals surface area contributed by atoms with E-state index in [1.165, 1.54) is 11.1 Å². The third kappa shape index (κ3) is 5.19. The van der Waals surface area contributed by atoms with Crippen LogP contribution < -0.4 is 5.32 Å². The van der Waals surface area contributed by atoms with Gasteiger partial charge in [0.05, 0.1) is 0 Å². The number of pyridine rings is 1. The smallest absolute Gasteiger partial charge is 0.254 e. The molecule has 0 spiro atoms. The molecule has 1 aromatic heterocycles. The van der Waals surface area contributed by atoms with Crippen LogP contribution in [-0.2, 0) is 13.1 Å². The van der Waals surface area contributed by atoms with Crippen molar-refractivity contribution in [3.8, 4) is 0 Å². The maximum atomic E-state index is 13.1. The Bertz CT molecular complexity index is 922. The number of nitrogens with zero attached hydrogens (tertiary/aromatic N) is 2. The van der Waals surface area contributed by atoms with E-state index < -0.39 is 0 Å². The second kappa shape index (κ2) is 9.18. The predicted molar refractivity (Wildman–Crippen MR) is 114 cm³/mol. The summed E-state index contributed by atoms with van der Waals surface area (Å²) < 4.78 is 0. The number of carbonyl (C=O) groups is 1. The summed E-state index contributed by atoms with van der Waals surface area (Å²) >= 11 is 0. The quantitative estimate of drug-likeness (QED) is 0.630. The van der Waals surface area contributed by atoms with Crippen molar-refractivity contribution < 1.29 is 4.79 Å². The standard InChI is InChI=1S/C24H27N3O/c1-18(2)27(17-20-9-5-4-6-10-20)24(28)22-12-13-25-23(15-22)26-16-21-11-7-8-19(3)14-21/h4-15,18H,16-17H2,1-3H3,(H,25,26). The minimum atomic E-state index is 0.0138. The Balaban J connectivity index is 1.72. The number of benzene rings is 2. The summed E-state index contributed by atoms with van der Waals surface area (Å²) in [5.41, 5.74) is 4.18. The first-order valence-corrected chi connectivity index (χ1v) is 9.63. The van der Waals surface area contributed by atoms with E-state index >= 15 is 0 Å². The van der Waals surface area contributed by atoms with Gasteiger partial charge in [0.25, 0.3) is 5.91 Å². The molecule has 0 unspecified atom stereocenters. The summed E-state index contributed by atoms with van der Waals surface area (Å²) in [6.45, 7) is 7.42. The molecule has 3 aromatic rings. The van der Waals surface area contributed by atoms with Gasteiger partial charge in [-0.3, -0.25) is 4.79 Å². The molecule has 28 heavy (non-hydrogen) atoms. The molecule has 0 saturated heterocycles. The van der Waals surface area contributed by atoms with Gasteiger partial charge in [-0.15, -0.1) is 0 Å². The molecule has 0 saturated carbocycles. The Morgan fingerprint density at radius 3 is 2.46 bits per heavy atom. The summed E-state index contributed by atoms with van der Waals surface area (Å²) in [6, 6.07) is 22.1. The molecule has 0 atom stereocenters. The zero-order valence-electron chi connectivity index (χ0n) is 16.7. The lowest BCUT2D eigenvalue weighted by Gasteiger charge is -2.27. The summed E-state index contributed by atoms with van der Waals surface area (Å²) in [5, 5.41) is 3.32. The Morgan fingerprint density at radius 2 is 1.75 bits per heavy atom. The average molecular weight is 374 g/mol. The Morgan fingerprint density at radius 1 is 1.00 bits per heavy atom. The average Bonchev–Trinajstić information content (AvgIpc) is 2.71. The molecule has 2 aromatic carbocycles. The summed E-state index contributed by atoms with van der Waals surface area (Å²) in [7, 11) is 0. The number of anilines is 1. The third-order valence-corrected chi connectivity index (χ3v) is 4.64. The Kier molecular flexibility index (Phi) is 6.43. The number of carbonyl (C=O) groups excluding carboxylic acids is 1. The van der Waals surface area contributed by atoms with Crippen LogP contribution in [0.3, 0.4) is 0 Å². The van der Waals surface area contributed by atoms with Crippen molar-refractivity contribution in [2.75, 3.05) is 5.32 Å². The third-order valence-electron chi connectivity index (χ3n) is 4.64. The number of nitrogens with one attached hydrogen (secondary N) is 1. The molecule has 1 N–H and O–H groups in total. The van der Waals surface area contributed by atoms with Gasteiger partial charge in [0.2, 0.25) is 0 Å². The van der Waals surface area contributed by atoms with Crippen molar-refractivity contribution in [3.63, 3.8) is 0 Å². The van der Waals surface area contributed by atoms with Crippen molar-refractivity contribution in [2.45, 2.75) is 39.9 Å². The van der Waals surface area contributed by atoms with Crippen LogP contribution in [0.15, 0.2) is 72.9 Å². The van der Waals surface area contributed by atoms with Crippen LogP contribution in [0.1, 0.15) is 40.9 Å². The summed E-state index contributed by atoms with van der Waals surface area (Å²) in [5.74, 6) is 0.718. The fourth-order valence-electron chi connectivity index (χ4n) is 3.11. The number of aromatic nitrogens is 1. The summed E-state index contributed by atoms with van der Waals surface area (Å²) in [6.07, 6.45) is 1.69. The van der Waals surface area contributed by atoms with Gasteiger partial charge < -0.3 is 10.2 Å². The number of amides is 1. The molecular weight excluding hydrogens is 346 g/mol. The lowest BCUT2D eigenvalue weighted by Crippen LogP contribution is -2.36. The fourth-order valence-corrected chi connectivity index (χ4v) is 3.11. The second-order valence-electron chi connectivity index (χ2n) is 7.28. The highest BCUT2D eigenvalue weighted by atomic mass is 16.2. The van der Waals surface area contributed by atoms with Crippen molar-refractivity contribution in [3.05, 3.63) is 95.2 Å². The lowest BCUT2D eigenvalue weighted by atomic mass is 10.1. The predicted octanol–water partition coefficient (Wildman–Crippen LogP) is 5.05. The van der Waals surface area contributed by atoms with Gasteiger partial charge in [-0.25, -0.2) is 4.98 Å². The zero-order chi connectivity index (χ0) is 19.9. The van der Waals surface area contributed by atoms with E-state index in [2.05, 4.69) is 35.4 Å². The van der Waals surface area contributed by atoms with Crippen LogP contribution >= 0.6 is 0 Å². The Hall–Kier alpha value is -3.14. The van der Waals surface area contributed by atoms with Gasteiger partial charge in [0.1, 0.15) is 5.82 Å². The molecule has 1 heterocycles. The van der Waals surface area contributed by atoms with Gasteiger partial charge in [0.15, 0.2) is 0 Å². The Labute approximate surface area is 167 Å². The fraction of sp³-hybridized carbons (Fsp3) is 0.250. The molecule has 4 heteroatoms. The van der Waals surface area contributed by atoms with Gasteiger partial charge >= 0.3 is 0 Å². The molecule has 0 aliphatic rings. The summed E-state index contributed by atoms with van der Waals surface area (Å²) in [4.78, 5) is 19.4. The number of aryl methyl sites for hydroxylation is 1. The van der Waals surface area contributed by atoms with Crippen LogP contribution in [-0.4, -0.2) is 21.8 Å². The highest BCUT2D eigenvalue weighted by molar-refractivity contribution is 5.95. The van der Waals surface area contributed by atoms with E-state index in [9.17, 15) is 4.79 Å². The maximum Gasteiger partial charge on any atom is 0.254 e. The van der Waals surface area contributed by atoms with E-state index in [-0.39, 0.29) is 11.9 Å². The largest absolute Gasteiger partial charge is 0.366 e. The monoisotopic (exact) mass is 373 g/mol. The van der Waals surface area contributed by atoms with Crippen LogP contribution in [0.5, 0.6) is 0 Å².